The van der Waals surface area contributed by atoms with Gasteiger partial charge in [-0.3, -0.25) is 9.48 Å². The molecule has 1 atom stereocenters. The molecule has 0 spiro atoms. The van der Waals surface area contributed by atoms with Gasteiger partial charge in [0.15, 0.2) is 0 Å². The number of hydrogen-bond acceptors (Lipinski definition) is 5. The molecule has 0 aliphatic heterocycles. The van der Waals surface area contributed by atoms with Crippen LogP contribution in [0, 0.1) is 13.8 Å². The summed E-state index contributed by atoms with van der Waals surface area (Å²) >= 11 is 1.69. The Labute approximate surface area is 128 Å². The van der Waals surface area contributed by atoms with E-state index >= 15 is 0 Å². The smallest absolute Gasteiger partial charge is 0.241 e. The van der Waals surface area contributed by atoms with Gasteiger partial charge in [-0.15, -0.1) is 11.3 Å². The molecule has 0 aliphatic rings. The zero-order chi connectivity index (χ0) is 15.4. The lowest BCUT2D eigenvalue weighted by Crippen LogP contribution is -2.36. The van der Waals surface area contributed by atoms with Gasteiger partial charge in [-0.25, -0.2) is 4.98 Å². The molecular formula is C14H21N5OS. The van der Waals surface area contributed by atoms with Crippen LogP contribution in [-0.2, 0) is 18.3 Å². The topological polar surface area (TPSA) is 71.8 Å². The Bertz CT molecular complexity index is 599. The van der Waals surface area contributed by atoms with E-state index in [2.05, 4.69) is 27.6 Å². The molecule has 0 radical (unpaired) electrons. The van der Waals surface area contributed by atoms with E-state index in [4.69, 9.17) is 0 Å². The summed E-state index contributed by atoms with van der Waals surface area (Å²) < 4.78 is 1.69. The number of nitrogens with zero attached hydrogens (tertiary/aromatic N) is 3. The standard InChI is InChI=1S/C14H21N5OS/c1-9-10(2)21-12(18-9)5-6-16-14(20)13(15-3)11-7-17-19(4)8-11/h7-8,13,15H,5-6H2,1-4H3,(H,16,20). The summed E-state index contributed by atoms with van der Waals surface area (Å²) in [6.45, 7) is 4.66. The molecule has 0 aromatic carbocycles. The molecule has 2 heterocycles. The quantitative estimate of drug-likeness (QED) is 0.839. The van der Waals surface area contributed by atoms with Crippen molar-refractivity contribution in [3.63, 3.8) is 0 Å². The largest absolute Gasteiger partial charge is 0.354 e. The number of thiazole rings is 1. The van der Waals surface area contributed by atoms with Gasteiger partial charge in [0, 0.05) is 36.7 Å². The average molecular weight is 307 g/mol. The highest BCUT2D eigenvalue weighted by Crippen LogP contribution is 2.16. The maximum Gasteiger partial charge on any atom is 0.241 e. The van der Waals surface area contributed by atoms with E-state index < -0.39 is 0 Å². The number of aryl methyl sites for hydroxylation is 3. The highest BCUT2D eigenvalue weighted by Gasteiger charge is 2.19. The average Bonchev–Trinajstić information content (AvgIpc) is 2.98. The van der Waals surface area contributed by atoms with Crippen LogP contribution in [0.25, 0.3) is 0 Å². The zero-order valence-corrected chi connectivity index (χ0v) is 13.6. The molecular weight excluding hydrogens is 286 g/mol. The van der Waals surface area contributed by atoms with E-state index in [0.717, 1.165) is 22.7 Å². The Morgan fingerprint density at radius 3 is 2.76 bits per heavy atom. The molecule has 1 unspecified atom stereocenters. The first-order valence-corrected chi connectivity index (χ1v) is 7.69. The van der Waals surface area contributed by atoms with Gasteiger partial charge in [0.1, 0.15) is 6.04 Å². The van der Waals surface area contributed by atoms with E-state index in [0.29, 0.717) is 6.54 Å². The van der Waals surface area contributed by atoms with Crippen LogP contribution < -0.4 is 10.6 Å². The number of nitrogens with one attached hydrogen (secondary N) is 2. The van der Waals surface area contributed by atoms with Gasteiger partial charge in [-0.1, -0.05) is 0 Å². The predicted molar refractivity (Wildman–Crippen MR) is 83.3 cm³/mol. The van der Waals surface area contributed by atoms with Crippen molar-refractivity contribution in [2.75, 3.05) is 13.6 Å². The van der Waals surface area contributed by atoms with Crippen LogP contribution >= 0.6 is 11.3 Å². The molecule has 6 nitrogen and oxygen atoms in total. The van der Waals surface area contributed by atoms with Gasteiger partial charge >= 0.3 is 0 Å². The molecule has 0 saturated carbocycles. The highest BCUT2D eigenvalue weighted by molar-refractivity contribution is 7.11. The van der Waals surface area contributed by atoms with Crippen LogP contribution in [-0.4, -0.2) is 34.3 Å². The lowest BCUT2D eigenvalue weighted by atomic mass is 10.1. The Morgan fingerprint density at radius 2 is 2.24 bits per heavy atom. The molecule has 114 valence electrons. The van der Waals surface area contributed by atoms with Crippen LogP contribution in [0.1, 0.15) is 27.2 Å². The number of likely N-dealkylation sites (N-methyl/N-ethyl adjacent to an activating group) is 1. The van der Waals surface area contributed by atoms with Gasteiger partial charge in [0.05, 0.1) is 16.9 Å². The second-order valence-corrected chi connectivity index (χ2v) is 6.25. The number of carbonyl (C=O) groups is 1. The van der Waals surface area contributed by atoms with Gasteiger partial charge in [0.2, 0.25) is 5.91 Å². The number of aromatic nitrogens is 3. The van der Waals surface area contributed by atoms with Crippen LogP contribution in [0.2, 0.25) is 0 Å². The summed E-state index contributed by atoms with van der Waals surface area (Å²) in [7, 11) is 3.60. The number of amides is 1. The first kappa shape index (κ1) is 15.7. The Hall–Kier alpha value is -1.73. The number of carbonyl (C=O) groups excluding carboxylic acids is 1. The zero-order valence-electron chi connectivity index (χ0n) is 12.8. The summed E-state index contributed by atoms with van der Waals surface area (Å²) in [5.41, 5.74) is 1.93. The molecule has 2 N–H and O–H groups in total. The minimum atomic E-state index is -0.376. The first-order chi connectivity index (χ1) is 10.0. The van der Waals surface area contributed by atoms with Crippen molar-refractivity contribution in [3.05, 3.63) is 33.5 Å². The summed E-state index contributed by atoms with van der Waals surface area (Å²) in [5.74, 6) is -0.0458. The van der Waals surface area contributed by atoms with Crippen LogP contribution in [0.5, 0.6) is 0 Å². The highest BCUT2D eigenvalue weighted by atomic mass is 32.1. The SMILES string of the molecule is CNC(C(=O)NCCc1nc(C)c(C)s1)c1cnn(C)c1. The van der Waals surface area contributed by atoms with Crippen LogP contribution in [0.3, 0.4) is 0 Å². The van der Waals surface area contributed by atoms with Crippen molar-refractivity contribution in [1.82, 2.24) is 25.4 Å². The van der Waals surface area contributed by atoms with Crippen molar-refractivity contribution >= 4 is 17.2 Å². The summed E-state index contributed by atoms with van der Waals surface area (Å²) in [4.78, 5) is 17.9. The Morgan fingerprint density at radius 1 is 1.48 bits per heavy atom. The molecule has 2 aromatic heterocycles. The van der Waals surface area contributed by atoms with Gasteiger partial charge in [0.25, 0.3) is 0 Å². The minimum absolute atomic E-state index is 0.0458. The lowest BCUT2D eigenvalue weighted by molar-refractivity contribution is -0.123. The van der Waals surface area contributed by atoms with Crippen molar-refractivity contribution in [2.24, 2.45) is 7.05 Å². The third-order valence-corrected chi connectivity index (χ3v) is 4.45. The summed E-state index contributed by atoms with van der Waals surface area (Å²) in [6.07, 6.45) is 4.30. The fourth-order valence-corrected chi connectivity index (χ4v) is 3.01. The van der Waals surface area contributed by atoms with Crippen molar-refractivity contribution in [1.29, 1.82) is 0 Å². The van der Waals surface area contributed by atoms with E-state index in [-0.39, 0.29) is 11.9 Å². The fraction of sp³-hybridized carbons (Fsp3) is 0.500. The molecule has 21 heavy (non-hydrogen) atoms. The second kappa shape index (κ2) is 6.82. The Balaban J connectivity index is 1.88. The van der Waals surface area contributed by atoms with Gasteiger partial charge in [-0.2, -0.15) is 5.10 Å². The number of hydrogen-bond donors (Lipinski definition) is 2. The third kappa shape index (κ3) is 3.89. The van der Waals surface area contributed by atoms with Crippen LogP contribution in [0.15, 0.2) is 12.4 Å². The molecule has 2 aromatic rings. The molecule has 2 rings (SSSR count). The van der Waals surface area contributed by atoms with Crippen molar-refractivity contribution in [2.45, 2.75) is 26.3 Å². The van der Waals surface area contributed by atoms with Crippen molar-refractivity contribution in [3.8, 4) is 0 Å². The second-order valence-electron chi connectivity index (χ2n) is 4.96. The fourth-order valence-electron chi connectivity index (χ4n) is 2.08. The third-order valence-electron chi connectivity index (χ3n) is 3.32. The molecule has 7 heteroatoms. The molecule has 0 fully saturated rings. The lowest BCUT2D eigenvalue weighted by Gasteiger charge is -2.14. The molecule has 0 bridgehead atoms. The monoisotopic (exact) mass is 307 g/mol. The maximum absolute atomic E-state index is 12.2. The van der Waals surface area contributed by atoms with E-state index in [9.17, 15) is 4.79 Å². The summed E-state index contributed by atoms with van der Waals surface area (Å²) in [6, 6.07) is -0.376. The Kier molecular flexibility index (Phi) is 5.08. The van der Waals surface area contributed by atoms with E-state index in [1.807, 2.05) is 20.2 Å². The first-order valence-electron chi connectivity index (χ1n) is 6.87. The van der Waals surface area contributed by atoms with Crippen LogP contribution in [0.4, 0.5) is 0 Å². The predicted octanol–water partition coefficient (Wildman–Crippen LogP) is 1.11. The number of rotatable bonds is 6. The normalized spacial score (nSPS) is 12.4. The van der Waals surface area contributed by atoms with E-state index in [1.54, 1.807) is 29.3 Å². The minimum Gasteiger partial charge on any atom is -0.354 e. The van der Waals surface area contributed by atoms with E-state index in [1.165, 1.54) is 4.88 Å². The van der Waals surface area contributed by atoms with Crippen molar-refractivity contribution < 1.29 is 4.79 Å². The molecule has 0 saturated heterocycles. The molecule has 1 amide bonds. The van der Waals surface area contributed by atoms with Gasteiger partial charge < -0.3 is 10.6 Å². The van der Waals surface area contributed by atoms with Gasteiger partial charge in [-0.05, 0) is 20.9 Å². The molecule has 0 aliphatic carbocycles. The summed E-state index contributed by atoms with van der Waals surface area (Å²) in [5, 5.41) is 11.1. The maximum atomic E-state index is 12.2.